The van der Waals surface area contributed by atoms with Crippen LogP contribution in [0.5, 0.6) is 0 Å². The first-order valence-electron chi connectivity index (χ1n) is 7.73. The van der Waals surface area contributed by atoms with Gasteiger partial charge in [-0.15, -0.1) is 0 Å². The lowest BCUT2D eigenvalue weighted by atomic mass is 10.2. The molecule has 7 nitrogen and oxygen atoms in total. The molecule has 1 aromatic heterocycles. The van der Waals surface area contributed by atoms with E-state index in [0.717, 1.165) is 5.56 Å². The molecular formula is C17H22N2O5S. The van der Waals surface area contributed by atoms with Gasteiger partial charge >= 0.3 is 0 Å². The minimum absolute atomic E-state index is 0.190. The Morgan fingerprint density at radius 2 is 2.08 bits per heavy atom. The van der Waals surface area contributed by atoms with E-state index in [1.54, 1.807) is 25.1 Å². The number of ether oxygens (including phenoxy) is 1. The molecule has 0 spiro atoms. The van der Waals surface area contributed by atoms with Crippen LogP contribution in [0.15, 0.2) is 46.1 Å². The number of aryl methyl sites for hydroxylation is 1. The fourth-order valence-corrected chi connectivity index (χ4v) is 4.04. The van der Waals surface area contributed by atoms with Gasteiger partial charge in [0.25, 0.3) is 0 Å². The maximum absolute atomic E-state index is 13.1. The summed E-state index contributed by atoms with van der Waals surface area (Å²) in [6, 6.07) is 6.45. The number of hydrogen-bond donors (Lipinski definition) is 1. The number of anilines is 1. The smallest absolute Gasteiger partial charge is 0.243 e. The zero-order valence-corrected chi connectivity index (χ0v) is 15.3. The first-order chi connectivity index (χ1) is 11.8. The molecule has 0 saturated carbocycles. The molecule has 0 saturated heterocycles. The first kappa shape index (κ1) is 19.2. The normalized spacial score (nSPS) is 11.7. The van der Waals surface area contributed by atoms with Crippen molar-refractivity contribution in [2.45, 2.75) is 25.3 Å². The topological polar surface area (TPSA) is 88.8 Å². The second-order valence-electron chi connectivity index (χ2n) is 5.62. The number of nitrogens with one attached hydrogen (secondary N) is 1. The maximum atomic E-state index is 13.1. The molecule has 0 aliphatic rings. The molecule has 1 heterocycles. The largest absolute Gasteiger partial charge is 0.472 e. The van der Waals surface area contributed by atoms with E-state index >= 15 is 0 Å². The van der Waals surface area contributed by atoms with Gasteiger partial charge < -0.3 is 14.5 Å². The number of nitrogens with zero attached hydrogens (tertiary/aromatic N) is 1. The van der Waals surface area contributed by atoms with Crippen LogP contribution in [0.4, 0.5) is 5.69 Å². The standard InChI is InChI=1S/C17H22N2O5S/c1-13-10-16(18-14(2)20)4-5-17(13)25(21,22)19(7-9-23-3)11-15-6-8-24-12-15/h4-6,8,10,12H,7,9,11H2,1-3H3,(H,18,20). The van der Waals surface area contributed by atoms with Gasteiger partial charge in [0, 0.05) is 38.4 Å². The Morgan fingerprint density at radius 1 is 1.32 bits per heavy atom. The van der Waals surface area contributed by atoms with E-state index in [2.05, 4.69) is 5.32 Å². The zero-order chi connectivity index (χ0) is 18.4. The molecule has 1 N–H and O–H groups in total. The van der Waals surface area contributed by atoms with E-state index < -0.39 is 10.0 Å². The Morgan fingerprint density at radius 3 is 2.64 bits per heavy atom. The summed E-state index contributed by atoms with van der Waals surface area (Å²) < 4.78 is 37.6. The number of carbonyl (C=O) groups is 1. The summed E-state index contributed by atoms with van der Waals surface area (Å²) in [5.41, 5.74) is 1.87. The van der Waals surface area contributed by atoms with E-state index in [9.17, 15) is 13.2 Å². The van der Waals surface area contributed by atoms with Gasteiger partial charge in [-0.05, 0) is 36.8 Å². The third kappa shape index (κ3) is 4.91. The Hall–Kier alpha value is -2.16. The van der Waals surface area contributed by atoms with E-state index in [4.69, 9.17) is 9.15 Å². The highest BCUT2D eigenvalue weighted by molar-refractivity contribution is 7.89. The van der Waals surface area contributed by atoms with Crippen molar-refractivity contribution in [3.05, 3.63) is 47.9 Å². The summed E-state index contributed by atoms with van der Waals surface area (Å²) in [6.07, 6.45) is 3.02. The Labute approximate surface area is 147 Å². The van der Waals surface area contributed by atoms with E-state index in [1.165, 1.54) is 36.9 Å². The van der Waals surface area contributed by atoms with Crippen LogP contribution in [0.3, 0.4) is 0 Å². The van der Waals surface area contributed by atoms with Gasteiger partial charge in [0.05, 0.1) is 24.0 Å². The van der Waals surface area contributed by atoms with Crippen molar-refractivity contribution >= 4 is 21.6 Å². The fraction of sp³-hybridized carbons (Fsp3) is 0.353. The van der Waals surface area contributed by atoms with Crippen molar-refractivity contribution in [1.29, 1.82) is 0 Å². The predicted molar refractivity (Wildman–Crippen MR) is 93.7 cm³/mol. The van der Waals surface area contributed by atoms with Crippen molar-refractivity contribution in [2.75, 3.05) is 25.6 Å². The monoisotopic (exact) mass is 366 g/mol. The Bertz CT molecular complexity index is 816. The second-order valence-corrected chi connectivity index (χ2v) is 7.53. The van der Waals surface area contributed by atoms with Crippen LogP contribution in [0.1, 0.15) is 18.1 Å². The molecule has 0 atom stereocenters. The summed E-state index contributed by atoms with van der Waals surface area (Å²) in [7, 11) is -2.20. The number of furan rings is 1. The van der Waals surface area contributed by atoms with E-state index in [1.807, 2.05) is 0 Å². The molecular weight excluding hydrogens is 344 g/mol. The van der Waals surface area contributed by atoms with Gasteiger partial charge in [0.2, 0.25) is 15.9 Å². The highest BCUT2D eigenvalue weighted by Crippen LogP contribution is 2.24. The van der Waals surface area contributed by atoms with Gasteiger partial charge in [-0.2, -0.15) is 4.31 Å². The van der Waals surface area contributed by atoms with Crippen LogP contribution in [0.2, 0.25) is 0 Å². The molecule has 8 heteroatoms. The molecule has 1 aromatic carbocycles. The lowest BCUT2D eigenvalue weighted by Gasteiger charge is -2.22. The number of rotatable bonds is 8. The van der Waals surface area contributed by atoms with Crippen molar-refractivity contribution in [2.24, 2.45) is 0 Å². The molecule has 0 aliphatic carbocycles. The number of benzene rings is 1. The van der Waals surface area contributed by atoms with Crippen LogP contribution in [-0.2, 0) is 26.1 Å². The SMILES string of the molecule is COCCN(Cc1ccoc1)S(=O)(=O)c1ccc(NC(C)=O)cc1C. The maximum Gasteiger partial charge on any atom is 0.243 e. The van der Waals surface area contributed by atoms with Crippen LogP contribution in [0, 0.1) is 6.92 Å². The highest BCUT2D eigenvalue weighted by atomic mass is 32.2. The molecule has 0 unspecified atom stereocenters. The van der Waals surface area contributed by atoms with E-state index in [0.29, 0.717) is 11.3 Å². The summed E-state index contributed by atoms with van der Waals surface area (Å²) in [5, 5.41) is 2.64. The number of hydrogen-bond acceptors (Lipinski definition) is 5. The molecule has 2 aromatic rings. The summed E-state index contributed by atoms with van der Waals surface area (Å²) in [5.74, 6) is -0.211. The number of methoxy groups -OCH3 is 1. The second kappa shape index (κ2) is 8.28. The fourth-order valence-electron chi connectivity index (χ4n) is 2.42. The summed E-state index contributed by atoms with van der Waals surface area (Å²) in [4.78, 5) is 11.3. The lowest BCUT2D eigenvalue weighted by molar-refractivity contribution is -0.114. The minimum Gasteiger partial charge on any atom is -0.472 e. The van der Waals surface area contributed by atoms with Crippen LogP contribution in [-0.4, -0.2) is 38.9 Å². The molecule has 136 valence electrons. The van der Waals surface area contributed by atoms with Crippen molar-refractivity contribution in [3.63, 3.8) is 0 Å². The molecule has 0 aliphatic heterocycles. The van der Waals surface area contributed by atoms with Gasteiger partial charge in [-0.25, -0.2) is 8.42 Å². The molecule has 0 fully saturated rings. The molecule has 0 bridgehead atoms. The van der Waals surface area contributed by atoms with Crippen molar-refractivity contribution < 1.29 is 22.4 Å². The molecule has 0 radical (unpaired) electrons. The number of carbonyl (C=O) groups excluding carboxylic acids is 1. The summed E-state index contributed by atoms with van der Waals surface area (Å²) in [6.45, 7) is 3.79. The van der Waals surface area contributed by atoms with Crippen molar-refractivity contribution in [3.8, 4) is 0 Å². The molecule has 2 rings (SSSR count). The van der Waals surface area contributed by atoms with Crippen LogP contribution < -0.4 is 5.32 Å². The van der Waals surface area contributed by atoms with Crippen molar-refractivity contribution in [1.82, 2.24) is 4.31 Å². The number of amides is 1. The van der Waals surface area contributed by atoms with Gasteiger partial charge in [-0.1, -0.05) is 0 Å². The van der Waals surface area contributed by atoms with E-state index in [-0.39, 0.29) is 30.5 Å². The Balaban J connectivity index is 2.33. The lowest BCUT2D eigenvalue weighted by Crippen LogP contribution is -2.33. The van der Waals surface area contributed by atoms with Gasteiger partial charge in [0.1, 0.15) is 0 Å². The molecule has 1 amide bonds. The predicted octanol–water partition coefficient (Wildman–Crippen LogP) is 2.38. The first-order valence-corrected chi connectivity index (χ1v) is 9.17. The van der Waals surface area contributed by atoms with Gasteiger partial charge in [-0.3, -0.25) is 4.79 Å². The molecule has 25 heavy (non-hydrogen) atoms. The third-order valence-electron chi connectivity index (χ3n) is 3.60. The van der Waals surface area contributed by atoms with Crippen LogP contribution >= 0.6 is 0 Å². The minimum atomic E-state index is -3.73. The quantitative estimate of drug-likeness (QED) is 0.775. The number of sulfonamides is 1. The van der Waals surface area contributed by atoms with Crippen LogP contribution in [0.25, 0.3) is 0 Å². The average Bonchev–Trinajstić information content (AvgIpc) is 3.03. The van der Waals surface area contributed by atoms with Gasteiger partial charge in [0.15, 0.2) is 0 Å². The third-order valence-corrected chi connectivity index (χ3v) is 5.60. The Kier molecular flexibility index (Phi) is 6.35. The summed E-state index contributed by atoms with van der Waals surface area (Å²) >= 11 is 0. The zero-order valence-electron chi connectivity index (χ0n) is 14.5. The average molecular weight is 366 g/mol. The highest BCUT2D eigenvalue weighted by Gasteiger charge is 2.26.